The van der Waals surface area contributed by atoms with Crippen molar-refractivity contribution < 1.29 is 8.78 Å². The van der Waals surface area contributed by atoms with Crippen LogP contribution in [-0.4, -0.2) is 18.5 Å². The van der Waals surface area contributed by atoms with E-state index in [1.165, 1.54) is 31.4 Å². The molecule has 0 saturated heterocycles. The molecule has 0 spiro atoms. The molecule has 0 aromatic heterocycles. The number of rotatable bonds is 4. The van der Waals surface area contributed by atoms with Crippen LogP contribution < -0.4 is 11.1 Å². The molecule has 1 unspecified atom stereocenters. The molecule has 0 aliphatic heterocycles. The number of benzene rings is 1. The van der Waals surface area contributed by atoms with Gasteiger partial charge in [0.05, 0.1) is 0 Å². The Kier molecular flexibility index (Phi) is 5.53. The first-order chi connectivity index (χ1) is 10.1. The van der Waals surface area contributed by atoms with Crippen LogP contribution in [0, 0.1) is 11.6 Å². The van der Waals surface area contributed by atoms with Gasteiger partial charge in [0.2, 0.25) is 0 Å². The summed E-state index contributed by atoms with van der Waals surface area (Å²) in [6, 6.07) is 4.04. The summed E-state index contributed by atoms with van der Waals surface area (Å²) in [6.45, 7) is 2.24. The Morgan fingerprint density at radius 2 is 2.05 bits per heavy atom. The summed E-state index contributed by atoms with van der Waals surface area (Å²) in [5.41, 5.74) is 6.34. The molecule has 1 atom stereocenters. The largest absolute Gasteiger partial charge is 0.370 e. The quantitative estimate of drug-likeness (QED) is 0.661. The smallest absolute Gasteiger partial charge is 0.188 e. The fourth-order valence-corrected chi connectivity index (χ4v) is 2.74. The summed E-state index contributed by atoms with van der Waals surface area (Å²) in [4.78, 5) is 4.28. The molecule has 2 rings (SSSR count). The van der Waals surface area contributed by atoms with Gasteiger partial charge >= 0.3 is 0 Å². The second kappa shape index (κ2) is 7.38. The average molecular weight is 295 g/mol. The van der Waals surface area contributed by atoms with Crippen molar-refractivity contribution in [1.82, 2.24) is 5.32 Å². The number of aliphatic imine (C=N–C) groups is 1. The topological polar surface area (TPSA) is 50.4 Å². The molecular weight excluding hydrogens is 272 g/mol. The second-order valence-electron chi connectivity index (χ2n) is 5.77. The van der Waals surface area contributed by atoms with Crippen LogP contribution in [0.3, 0.4) is 0 Å². The molecule has 116 valence electrons. The lowest BCUT2D eigenvalue weighted by Crippen LogP contribution is -2.41. The van der Waals surface area contributed by atoms with Crippen LogP contribution >= 0.6 is 0 Å². The van der Waals surface area contributed by atoms with Gasteiger partial charge in [-0.05, 0) is 24.5 Å². The third-order valence-electron chi connectivity index (χ3n) is 3.99. The Labute approximate surface area is 124 Å². The summed E-state index contributed by atoms with van der Waals surface area (Å²) in [5.74, 6) is -0.824. The van der Waals surface area contributed by atoms with Gasteiger partial charge in [0.15, 0.2) is 5.96 Å². The van der Waals surface area contributed by atoms with Crippen molar-refractivity contribution >= 4 is 5.96 Å². The van der Waals surface area contributed by atoms with Crippen molar-refractivity contribution in [3.8, 4) is 0 Å². The Morgan fingerprint density at radius 3 is 2.71 bits per heavy atom. The molecule has 1 aliphatic carbocycles. The molecule has 0 amide bonds. The highest BCUT2D eigenvalue weighted by molar-refractivity contribution is 5.78. The van der Waals surface area contributed by atoms with Gasteiger partial charge in [-0.1, -0.05) is 32.3 Å². The molecule has 0 heterocycles. The van der Waals surface area contributed by atoms with E-state index < -0.39 is 11.6 Å². The van der Waals surface area contributed by atoms with E-state index in [1.807, 2.05) is 6.92 Å². The van der Waals surface area contributed by atoms with Gasteiger partial charge in [0.1, 0.15) is 11.6 Å². The zero-order chi connectivity index (χ0) is 15.2. The van der Waals surface area contributed by atoms with E-state index in [0.717, 1.165) is 18.9 Å². The molecule has 5 heteroatoms. The Balaban J connectivity index is 1.89. The summed E-state index contributed by atoms with van der Waals surface area (Å²) >= 11 is 0. The maximum absolute atomic E-state index is 13.7. The minimum atomic E-state index is -0.564. The summed E-state index contributed by atoms with van der Waals surface area (Å²) in [5, 5.41) is 3.22. The highest BCUT2D eigenvalue weighted by Gasteiger charge is 2.14. The van der Waals surface area contributed by atoms with E-state index in [9.17, 15) is 8.78 Å². The molecule has 3 nitrogen and oxygen atoms in total. The third-order valence-corrected chi connectivity index (χ3v) is 3.99. The number of nitrogens with one attached hydrogen (secondary N) is 1. The molecule has 0 bridgehead atoms. The van der Waals surface area contributed by atoms with Gasteiger partial charge in [0, 0.05) is 24.6 Å². The molecule has 1 fully saturated rings. The van der Waals surface area contributed by atoms with Crippen molar-refractivity contribution in [2.24, 2.45) is 10.7 Å². The van der Waals surface area contributed by atoms with Crippen molar-refractivity contribution in [1.29, 1.82) is 0 Å². The van der Waals surface area contributed by atoms with Gasteiger partial charge in [-0.3, -0.25) is 4.99 Å². The molecule has 3 N–H and O–H groups in total. The first-order valence-corrected chi connectivity index (χ1v) is 7.57. The number of halogens is 2. The lowest BCUT2D eigenvalue weighted by molar-refractivity contribution is 0.412. The Morgan fingerprint density at radius 1 is 1.33 bits per heavy atom. The van der Waals surface area contributed by atoms with Crippen molar-refractivity contribution in [3.05, 3.63) is 35.4 Å². The molecule has 0 radical (unpaired) electrons. The zero-order valence-corrected chi connectivity index (χ0v) is 12.4. The standard InChI is InChI=1S/C16H23F2N3/c1-11(14-8-7-12(17)9-15(14)18)10-20-16(19)21-13-5-3-2-4-6-13/h7-9,11,13H,2-6,10H2,1H3,(H3,19,20,21). The van der Waals surface area contributed by atoms with Gasteiger partial charge in [-0.2, -0.15) is 0 Å². The van der Waals surface area contributed by atoms with Gasteiger partial charge in [-0.15, -0.1) is 0 Å². The SMILES string of the molecule is CC(CN=C(N)NC1CCCCC1)c1ccc(F)cc1F. The molecule has 1 aromatic carbocycles. The van der Waals surface area contributed by atoms with E-state index in [-0.39, 0.29) is 5.92 Å². The lowest BCUT2D eigenvalue weighted by Gasteiger charge is -2.23. The maximum Gasteiger partial charge on any atom is 0.188 e. The predicted octanol–water partition coefficient (Wildman–Crippen LogP) is 3.31. The first-order valence-electron chi connectivity index (χ1n) is 7.57. The normalized spacial score (nSPS) is 18.5. The van der Waals surface area contributed by atoms with Crippen LogP contribution in [0.25, 0.3) is 0 Å². The molecule has 21 heavy (non-hydrogen) atoms. The molecule has 1 aliphatic rings. The fraction of sp³-hybridized carbons (Fsp3) is 0.562. The predicted molar refractivity (Wildman–Crippen MR) is 81.3 cm³/mol. The number of guanidine groups is 1. The maximum atomic E-state index is 13.7. The minimum Gasteiger partial charge on any atom is -0.370 e. The monoisotopic (exact) mass is 295 g/mol. The summed E-state index contributed by atoms with van der Waals surface area (Å²) in [7, 11) is 0. The Bertz CT molecular complexity index is 496. The third kappa shape index (κ3) is 4.69. The van der Waals surface area contributed by atoms with E-state index >= 15 is 0 Å². The Hall–Kier alpha value is -1.65. The number of hydrogen-bond donors (Lipinski definition) is 2. The average Bonchev–Trinajstić information content (AvgIpc) is 2.46. The van der Waals surface area contributed by atoms with Crippen molar-refractivity contribution in [3.63, 3.8) is 0 Å². The summed E-state index contributed by atoms with van der Waals surface area (Å²) < 4.78 is 26.6. The van der Waals surface area contributed by atoms with Crippen molar-refractivity contribution in [2.75, 3.05) is 6.54 Å². The van der Waals surface area contributed by atoms with Crippen LogP contribution in [0.15, 0.2) is 23.2 Å². The van der Waals surface area contributed by atoms with E-state index in [4.69, 9.17) is 5.73 Å². The van der Waals surface area contributed by atoms with Crippen molar-refractivity contribution in [2.45, 2.75) is 51.0 Å². The minimum absolute atomic E-state index is 0.141. The highest BCUT2D eigenvalue weighted by Crippen LogP contribution is 2.20. The van der Waals surface area contributed by atoms with Crippen LogP contribution in [0.2, 0.25) is 0 Å². The fourth-order valence-electron chi connectivity index (χ4n) is 2.74. The van der Waals surface area contributed by atoms with E-state index in [0.29, 0.717) is 24.1 Å². The second-order valence-corrected chi connectivity index (χ2v) is 5.77. The van der Waals surface area contributed by atoms with Crippen LogP contribution in [0.5, 0.6) is 0 Å². The number of hydrogen-bond acceptors (Lipinski definition) is 1. The van der Waals surface area contributed by atoms with Gasteiger partial charge in [-0.25, -0.2) is 8.78 Å². The first kappa shape index (κ1) is 15.7. The van der Waals surface area contributed by atoms with Crippen LogP contribution in [0.4, 0.5) is 8.78 Å². The molecular formula is C16H23F2N3. The van der Waals surface area contributed by atoms with E-state index in [1.54, 1.807) is 0 Å². The van der Waals surface area contributed by atoms with Gasteiger partial charge < -0.3 is 11.1 Å². The number of nitrogens with two attached hydrogens (primary N) is 1. The van der Waals surface area contributed by atoms with Crippen LogP contribution in [-0.2, 0) is 0 Å². The lowest BCUT2D eigenvalue weighted by atomic mass is 9.96. The number of nitrogens with zero attached hydrogens (tertiary/aromatic N) is 1. The van der Waals surface area contributed by atoms with Crippen LogP contribution in [0.1, 0.15) is 50.5 Å². The van der Waals surface area contributed by atoms with Gasteiger partial charge in [0.25, 0.3) is 0 Å². The highest BCUT2D eigenvalue weighted by atomic mass is 19.1. The molecule has 1 saturated carbocycles. The molecule has 1 aromatic rings. The van der Waals surface area contributed by atoms with E-state index in [2.05, 4.69) is 10.3 Å². The zero-order valence-electron chi connectivity index (χ0n) is 12.4. The summed E-state index contributed by atoms with van der Waals surface area (Å²) in [6.07, 6.45) is 5.98.